The second kappa shape index (κ2) is 13.6. The number of hydrogen-bond acceptors (Lipinski definition) is 4. The molecule has 5 heteroatoms. The maximum atomic E-state index is 13.9. The van der Waals surface area contributed by atoms with Gasteiger partial charge in [0.15, 0.2) is 0 Å². The number of ether oxygens (including phenoxy) is 1. The van der Waals surface area contributed by atoms with Crippen molar-refractivity contribution in [3.63, 3.8) is 0 Å². The van der Waals surface area contributed by atoms with Crippen LogP contribution in [0.25, 0.3) is 21.5 Å². The zero-order valence-corrected chi connectivity index (χ0v) is 24.5. The van der Waals surface area contributed by atoms with Crippen molar-refractivity contribution in [2.24, 2.45) is 0 Å². The Hall–Kier alpha value is -4.50. The van der Waals surface area contributed by atoms with Crippen LogP contribution in [0.15, 0.2) is 109 Å². The van der Waals surface area contributed by atoms with Crippen LogP contribution in [0.4, 0.5) is 0 Å². The van der Waals surface area contributed by atoms with Crippen molar-refractivity contribution in [1.29, 1.82) is 5.26 Å². The molecule has 0 N–H and O–H groups in total. The SMILES string of the molecule is N#Cc1ccc(COCC2CCCCN2C(=O)CN(Cc2ccc3ccccc3c2)Cc2ccc3ccccc3c2)cc1. The smallest absolute Gasteiger partial charge is 0.237 e. The molecule has 1 aliphatic heterocycles. The normalized spacial score (nSPS) is 15.2. The summed E-state index contributed by atoms with van der Waals surface area (Å²) in [7, 11) is 0. The summed E-state index contributed by atoms with van der Waals surface area (Å²) in [6, 6.07) is 39.7. The third-order valence-corrected chi connectivity index (χ3v) is 8.41. The molecule has 1 atom stereocenters. The summed E-state index contributed by atoms with van der Waals surface area (Å²) in [6.07, 6.45) is 3.08. The van der Waals surface area contributed by atoms with Gasteiger partial charge < -0.3 is 9.64 Å². The molecule has 0 aliphatic carbocycles. The van der Waals surface area contributed by atoms with E-state index in [0.717, 1.165) is 31.4 Å². The van der Waals surface area contributed by atoms with Crippen LogP contribution in [-0.2, 0) is 29.2 Å². The first kappa shape index (κ1) is 28.6. The predicted octanol–water partition coefficient (Wildman–Crippen LogP) is 7.46. The van der Waals surface area contributed by atoms with Crippen molar-refractivity contribution in [2.45, 2.75) is 45.0 Å². The molecule has 1 fully saturated rings. The van der Waals surface area contributed by atoms with Crippen LogP contribution in [0.5, 0.6) is 0 Å². The molecule has 0 radical (unpaired) electrons. The molecule has 1 saturated heterocycles. The molecule has 1 heterocycles. The number of hydrogen-bond donors (Lipinski definition) is 0. The fraction of sp³-hybridized carbons (Fsp3) is 0.263. The fourth-order valence-electron chi connectivity index (χ4n) is 6.13. The van der Waals surface area contributed by atoms with Gasteiger partial charge in [0.25, 0.3) is 0 Å². The largest absolute Gasteiger partial charge is 0.375 e. The minimum atomic E-state index is 0.0721. The maximum absolute atomic E-state index is 13.9. The lowest BCUT2D eigenvalue weighted by molar-refractivity contribution is -0.138. The molecule has 1 unspecified atom stereocenters. The van der Waals surface area contributed by atoms with Gasteiger partial charge >= 0.3 is 0 Å². The lowest BCUT2D eigenvalue weighted by atomic mass is 10.0. The number of likely N-dealkylation sites (tertiary alicyclic amines) is 1. The Morgan fingerprint density at radius 1 is 0.767 bits per heavy atom. The van der Waals surface area contributed by atoms with Gasteiger partial charge in [0.1, 0.15) is 0 Å². The molecule has 1 aliphatic rings. The van der Waals surface area contributed by atoms with Crippen LogP contribution in [0.3, 0.4) is 0 Å². The minimum absolute atomic E-state index is 0.0721. The van der Waals surface area contributed by atoms with Crippen molar-refractivity contribution < 1.29 is 9.53 Å². The standard InChI is InChI=1S/C38H37N3O2/c39-23-29-12-14-30(15-13-29)27-43-28-37-11-5-6-20-41(37)38(42)26-40(24-31-16-18-33-7-1-3-9-35(33)21-31)25-32-17-19-34-8-2-4-10-36(34)22-32/h1-4,7-10,12-19,21-22,37H,5-6,11,20,24-28H2. The van der Waals surface area contributed by atoms with E-state index in [1.54, 1.807) is 0 Å². The van der Waals surface area contributed by atoms with Gasteiger partial charge in [-0.25, -0.2) is 0 Å². The van der Waals surface area contributed by atoms with Gasteiger partial charge in [-0.1, -0.05) is 84.9 Å². The van der Waals surface area contributed by atoms with Crippen molar-refractivity contribution in [3.05, 3.63) is 131 Å². The van der Waals surface area contributed by atoms with Crippen LogP contribution in [0.1, 0.15) is 41.5 Å². The monoisotopic (exact) mass is 567 g/mol. The Labute approximate surface area is 253 Å². The van der Waals surface area contributed by atoms with E-state index < -0.39 is 0 Å². The van der Waals surface area contributed by atoms with Crippen molar-refractivity contribution >= 4 is 27.5 Å². The number of benzene rings is 5. The number of rotatable bonds is 10. The summed E-state index contributed by atoms with van der Waals surface area (Å²) in [5.74, 6) is 0.160. The molecule has 216 valence electrons. The van der Waals surface area contributed by atoms with Crippen molar-refractivity contribution in [3.8, 4) is 6.07 Å². The van der Waals surface area contributed by atoms with Gasteiger partial charge in [-0.05, 0) is 81.8 Å². The summed E-state index contributed by atoms with van der Waals surface area (Å²) < 4.78 is 6.10. The zero-order valence-electron chi connectivity index (χ0n) is 24.5. The molecule has 0 saturated carbocycles. The molecule has 0 bridgehead atoms. The van der Waals surface area contributed by atoms with E-state index in [0.29, 0.717) is 38.4 Å². The number of amides is 1. The second-order valence-corrected chi connectivity index (χ2v) is 11.6. The fourth-order valence-corrected chi connectivity index (χ4v) is 6.13. The van der Waals surface area contributed by atoms with Gasteiger partial charge in [0, 0.05) is 19.6 Å². The summed E-state index contributed by atoms with van der Waals surface area (Å²) in [4.78, 5) is 18.3. The van der Waals surface area contributed by atoms with E-state index in [1.807, 2.05) is 24.3 Å². The molecular weight excluding hydrogens is 530 g/mol. The van der Waals surface area contributed by atoms with Gasteiger partial charge in [-0.2, -0.15) is 5.26 Å². The van der Waals surface area contributed by atoms with E-state index in [1.165, 1.54) is 32.7 Å². The first-order valence-corrected chi connectivity index (χ1v) is 15.2. The van der Waals surface area contributed by atoms with E-state index in [2.05, 4.69) is 101 Å². The first-order valence-electron chi connectivity index (χ1n) is 15.2. The minimum Gasteiger partial charge on any atom is -0.375 e. The highest BCUT2D eigenvalue weighted by Gasteiger charge is 2.28. The molecular formula is C38H37N3O2. The Balaban J connectivity index is 1.17. The highest BCUT2D eigenvalue weighted by molar-refractivity contribution is 5.84. The molecule has 0 aromatic heterocycles. The zero-order chi connectivity index (χ0) is 29.4. The van der Waals surface area contributed by atoms with Crippen molar-refractivity contribution in [1.82, 2.24) is 9.80 Å². The average molecular weight is 568 g/mol. The van der Waals surface area contributed by atoms with E-state index >= 15 is 0 Å². The van der Waals surface area contributed by atoms with Crippen LogP contribution in [0.2, 0.25) is 0 Å². The van der Waals surface area contributed by atoms with Gasteiger partial charge in [0.2, 0.25) is 5.91 Å². The highest BCUT2D eigenvalue weighted by Crippen LogP contribution is 2.22. The third-order valence-electron chi connectivity index (χ3n) is 8.41. The first-order chi connectivity index (χ1) is 21.1. The predicted molar refractivity (Wildman–Crippen MR) is 172 cm³/mol. The van der Waals surface area contributed by atoms with Gasteiger partial charge in [-0.15, -0.1) is 0 Å². The molecule has 6 rings (SSSR count). The number of fused-ring (bicyclic) bond motifs is 2. The Kier molecular flexibility index (Phi) is 9.08. The molecule has 5 nitrogen and oxygen atoms in total. The quantitative estimate of drug-likeness (QED) is 0.176. The highest BCUT2D eigenvalue weighted by atomic mass is 16.5. The Morgan fingerprint density at radius 2 is 1.35 bits per heavy atom. The van der Waals surface area contributed by atoms with Crippen molar-refractivity contribution in [2.75, 3.05) is 19.7 Å². The second-order valence-electron chi connectivity index (χ2n) is 11.6. The van der Waals surface area contributed by atoms with E-state index in [4.69, 9.17) is 10.00 Å². The average Bonchev–Trinajstić information content (AvgIpc) is 3.05. The van der Waals surface area contributed by atoms with Crippen LogP contribution < -0.4 is 0 Å². The topological polar surface area (TPSA) is 56.6 Å². The number of nitriles is 1. The Morgan fingerprint density at radius 3 is 1.95 bits per heavy atom. The van der Waals surface area contributed by atoms with Crippen LogP contribution >= 0.6 is 0 Å². The van der Waals surface area contributed by atoms with Gasteiger partial charge in [-0.3, -0.25) is 9.69 Å². The number of carbonyl (C=O) groups excluding carboxylic acids is 1. The number of piperidine rings is 1. The number of nitrogens with zero attached hydrogens (tertiary/aromatic N) is 3. The van der Waals surface area contributed by atoms with Crippen LogP contribution in [0, 0.1) is 11.3 Å². The van der Waals surface area contributed by atoms with E-state index in [9.17, 15) is 4.79 Å². The van der Waals surface area contributed by atoms with Crippen LogP contribution in [-0.4, -0.2) is 41.4 Å². The molecule has 5 aromatic rings. The summed E-state index contributed by atoms with van der Waals surface area (Å²) in [5, 5.41) is 13.9. The Bertz CT molecular complexity index is 1660. The summed E-state index contributed by atoms with van der Waals surface area (Å²) in [6.45, 7) is 3.49. The maximum Gasteiger partial charge on any atom is 0.237 e. The summed E-state index contributed by atoms with van der Waals surface area (Å²) in [5.41, 5.74) is 4.08. The lowest BCUT2D eigenvalue weighted by Crippen LogP contribution is -2.49. The van der Waals surface area contributed by atoms with Gasteiger partial charge in [0.05, 0.1) is 37.4 Å². The molecule has 43 heavy (non-hydrogen) atoms. The molecule has 0 spiro atoms. The molecule has 1 amide bonds. The van der Waals surface area contributed by atoms with E-state index in [-0.39, 0.29) is 11.9 Å². The summed E-state index contributed by atoms with van der Waals surface area (Å²) >= 11 is 0. The number of carbonyl (C=O) groups is 1. The lowest BCUT2D eigenvalue weighted by Gasteiger charge is -2.37. The third kappa shape index (κ3) is 7.29. The molecule has 5 aromatic carbocycles.